The van der Waals surface area contributed by atoms with Gasteiger partial charge in [-0.1, -0.05) is 51.1 Å². The first-order chi connectivity index (χ1) is 12.6. The predicted octanol–water partition coefficient (Wildman–Crippen LogP) is 2.57. The Hall–Kier alpha value is -2.14. The van der Waals surface area contributed by atoms with Crippen molar-refractivity contribution >= 4 is 17.4 Å². The summed E-state index contributed by atoms with van der Waals surface area (Å²) >= 11 is 0. The molecule has 5 heteroatoms. The molecule has 2 amide bonds. The summed E-state index contributed by atoms with van der Waals surface area (Å²) in [7, 11) is 5.68. The van der Waals surface area contributed by atoms with E-state index in [1.54, 1.807) is 11.9 Å². The van der Waals surface area contributed by atoms with Gasteiger partial charge in [-0.3, -0.25) is 9.59 Å². The van der Waals surface area contributed by atoms with Gasteiger partial charge in [-0.2, -0.15) is 0 Å². The molecule has 2 rings (SSSR count). The fourth-order valence-electron chi connectivity index (χ4n) is 3.35. The van der Waals surface area contributed by atoms with Crippen molar-refractivity contribution in [2.45, 2.75) is 39.7 Å². The van der Waals surface area contributed by atoms with Crippen LogP contribution in [0, 0.1) is 5.41 Å². The zero-order valence-electron chi connectivity index (χ0n) is 17.5. The molecular formula is C22H33N3O2. The van der Waals surface area contributed by atoms with Gasteiger partial charge in [0.2, 0.25) is 11.8 Å². The summed E-state index contributed by atoms with van der Waals surface area (Å²) < 4.78 is 0. The molecular weight excluding hydrogens is 338 g/mol. The monoisotopic (exact) mass is 371 g/mol. The first-order valence-electron chi connectivity index (χ1n) is 9.58. The molecule has 1 aromatic carbocycles. The lowest BCUT2D eigenvalue weighted by Gasteiger charge is -2.33. The molecule has 1 aliphatic rings. The molecule has 5 nitrogen and oxygen atoms in total. The smallest absolute Gasteiger partial charge is 0.243 e. The lowest BCUT2D eigenvalue weighted by molar-refractivity contribution is -0.144. The number of nitrogens with one attached hydrogen (secondary N) is 1. The van der Waals surface area contributed by atoms with Crippen molar-refractivity contribution in [2.24, 2.45) is 5.41 Å². The van der Waals surface area contributed by atoms with Crippen LogP contribution >= 0.6 is 0 Å². The lowest BCUT2D eigenvalue weighted by atomic mass is 9.92. The normalized spacial score (nSPS) is 14.6. The second-order valence-corrected chi connectivity index (χ2v) is 8.57. The van der Waals surface area contributed by atoms with Gasteiger partial charge in [0.1, 0.15) is 6.04 Å². The quantitative estimate of drug-likeness (QED) is 0.801. The molecule has 0 aromatic heterocycles. The van der Waals surface area contributed by atoms with E-state index in [0.717, 1.165) is 18.5 Å². The Balaban J connectivity index is 2.19. The average molecular weight is 372 g/mol. The average Bonchev–Trinajstić information content (AvgIpc) is 3.00. The summed E-state index contributed by atoms with van der Waals surface area (Å²) in [4.78, 5) is 29.4. The molecule has 148 valence electrons. The van der Waals surface area contributed by atoms with E-state index in [1.165, 1.54) is 11.1 Å². The van der Waals surface area contributed by atoms with E-state index >= 15 is 0 Å². The van der Waals surface area contributed by atoms with Crippen LogP contribution in [0.2, 0.25) is 0 Å². The van der Waals surface area contributed by atoms with Crippen LogP contribution in [0.1, 0.15) is 38.3 Å². The zero-order valence-corrected chi connectivity index (χ0v) is 17.5. The molecule has 0 spiro atoms. The zero-order chi connectivity index (χ0) is 20.2. The van der Waals surface area contributed by atoms with Crippen LogP contribution in [-0.2, 0) is 16.0 Å². The summed E-state index contributed by atoms with van der Waals surface area (Å²) in [6, 6.07) is 7.76. The number of likely N-dealkylation sites (N-methyl/N-ethyl adjacent to an activating group) is 2. The minimum Gasteiger partial charge on any atom is -0.353 e. The van der Waals surface area contributed by atoms with Crippen molar-refractivity contribution < 1.29 is 9.59 Å². The molecule has 0 saturated carbocycles. The third-order valence-corrected chi connectivity index (χ3v) is 4.94. The van der Waals surface area contributed by atoms with Crippen molar-refractivity contribution in [3.05, 3.63) is 41.5 Å². The minimum absolute atomic E-state index is 0.0258. The maximum atomic E-state index is 12.9. The summed E-state index contributed by atoms with van der Waals surface area (Å²) in [5.74, 6) is -0.121. The molecule has 1 N–H and O–H groups in total. The van der Waals surface area contributed by atoms with E-state index in [2.05, 4.69) is 23.5 Å². The Labute approximate surface area is 163 Å². The van der Waals surface area contributed by atoms with Gasteiger partial charge in [-0.05, 0) is 37.2 Å². The van der Waals surface area contributed by atoms with Gasteiger partial charge in [0.15, 0.2) is 0 Å². The van der Waals surface area contributed by atoms with Gasteiger partial charge in [-0.15, -0.1) is 0 Å². The van der Waals surface area contributed by atoms with E-state index in [-0.39, 0.29) is 11.8 Å². The summed E-state index contributed by atoms with van der Waals surface area (Å²) in [5, 5.41) is 3.00. The number of rotatable bonds is 7. The lowest BCUT2D eigenvalue weighted by Crippen LogP contribution is -2.51. The first-order valence-corrected chi connectivity index (χ1v) is 9.58. The minimum atomic E-state index is -0.529. The van der Waals surface area contributed by atoms with Crippen molar-refractivity contribution in [1.29, 1.82) is 0 Å². The van der Waals surface area contributed by atoms with Crippen LogP contribution < -0.4 is 5.32 Å². The van der Waals surface area contributed by atoms with Crippen LogP contribution in [0.5, 0.6) is 0 Å². The fraction of sp³-hybridized carbons (Fsp3) is 0.545. The highest BCUT2D eigenvalue weighted by Gasteiger charge is 2.34. The Morgan fingerprint density at radius 3 is 2.44 bits per heavy atom. The van der Waals surface area contributed by atoms with E-state index < -0.39 is 11.5 Å². The molecule has 0 fully saturated rings. The van der Waals surface area contributed by atoms with Crippen LogP contribution in [0.15, 0.2) is 30.3 Å². The van der Waals surface area contributed by atoms with Crippen molar-refractivity contribution in [1.82, 2.24) is 15.1 Å². The molecule has 27 heavy (non-hydrogen) atoms. The Bertz CT molecular complexity index is 717. The number of fused-ring (bicyclic) bond motifs is 1. The van der Waals surface area contributed by atoms with E-state index in [9.17, 15) is 9.59 Å². The van der Waals surface area contributed by atoms with Gasteiger partial charge < -0.3 is 15.1 Å². The summed E-state index contributed by atoms with van der Waals surface area (Å²) in [6.07, 6.45) is 3.60. The van der Waals surface area contributed by atoms with Gasteiger partial charge in [0, 0.05) is 32.0 Å². The maximum absolute atomic E-state index is 12.9. The third-order valence-electron chi connectivity index (χ3n) is 4.94. The Morgan fingerprint density at radius 2 is 1.81 bits per heavy atom. The number of allylic oxidation sites excluding steroid dienone is 1. The highest BCUT2D eigenvalue weighted by Crippen LogP contribution is 2.32. The fourth-order valence-corrected chi connectivity index (χ4v) is 3.35. The number of carbonyl (C=O) groups excluding carboxylic acids is 2. The molecule has 1 atom stereocenters. The van der Waals surface area contributed by atoms with Gasteiger partial charge >= 0.3 is 0 Å². The first kappa shape index (κ1) is 21.2. The highest BCUT2D eigenvalue weighted by molar-refractivity contribution is 5.91. The highest BCUT2D eigenvalue weighted by atomic mass is 16.2. The summed E-state index contributed by atoms with van der Waals surface area (Å²) in [6.45, 7) is 6.99. The number of nitrogens with zero attached hydrogens (tertiary/aromatic N) is 2. The topological polar surface area (TPSA) is 52.7 Å². The van der Waals surface area contributed by atoms with Crippen molar-refractivity contribution in [3.63, 3.8) is 0 Å². The second-order valence-electron chi connectivity index (χ2n) is 8.57. The number of benzene rings is 1. The molecule has 1 aliphatic carbocycles. The molecule has 0 heterocycles. The molecule has 0 radical (unpaired) electrons. The second kappa shape index (κ2) is 8.70. The van der Waals surface area contributed by atoms with Gasteiger partial charge in [0.05, 0.1) is 0 Å². The van der Waals surface area contributed by atoms with E-state index in [4.69, 9.17) is 0 Å². The summed E-state index contributed by atoms with van der Waals surface area (Å²) in [5.41, 5.74) is 3.09. The SMILES string of the molecule is CN(C)CCNC(=O)C(CC1=CCc2ccccc21)N(C)C(=O)C(C)(C)C. The van der Waals surface area contributed by atoms with E-state index in [1.807, 2.05) is 51.9 Å². The van der Waals surface area contributed by atoms with Gasteiger partial charge in [-0.25, -0.2) is 0 Å². The number of carbonyl (C=O) groups is 2. The third kappa shape index (κ3) is 5.42. The van der Waals surface area contributed by atoms with Crippen LogP contribution in [-0.4, -0.2) is 61.9 Å². The maximum Gasteiger partial charge on any atom is 0.243 e. The van der Waals surface area contributed by atoms with Crippen LogP contribution in [0.3, 0.4) is 0 Å². The molecule has 0 saturated heterocycles. The van der Waals surface area contributed by atoms with E-state index in [0.29, 0.717) is 13.0 Å². The van der Waals surface area contributed by atoms with Crippen molar-refractivity contribution in [3.8, 4) is 0 Å². The Morgan fingerprint density at radius 1 is 1.15 bits per heavy atom. The molecule has 1 unspecified atom stereocenters. The number of hydrogen-bond donors (Lipinski definition) is 1. The van der Waals surface area contributed by atoms with Crippen LogP contribution in [0.4, 0.5) is 0 Å². The molecule has 1 aromatic rings. The largest absolute Gasteiger partial charge is 0.353 e. The van der Waals surface area contributed by atoms with Gasteiger partial charge in [0.25, 0.3) is 0 Å². The molecule has 0 bridgehead atoms. The predicted molar refractivity (Wildman–Crippen MR) is 110 cm³/mol. The number of amides is 2. The Kier molecular flexibility index (Phi) is 6.82. The standard InChI is InChI=1S/C22H33N3O2/c1-22(2,3)21(27)25(6)19(20(26)23-13-14-24(4)5)15-17-12-11-16-9-7-8-10-18(16)17/h7-10,12,19H,11,13-15H2,1-6H3,(H,23,26). The number of hydrogen-bond acceptors (Lipinski definition) is 3. The van der Waals surface area contributed by atoms with Crippen molar-refractivity contribution in [2.75, 3.05) is 34.2 Å². The van der Waals surface area contributed by atoms with Crippen LogP contribution in [0.25, 0.3) is 5.57 Å². The molecule has 0 aliphatic heterocycles.